The Kier molecular flexibility index (Phi) is 2.54. The van der Waals surface area contributed by atoms with E-state index in [0.29, 0.717) is 17.3 Å². The molecule has 2 aromatic rings. The second-order valence-electron chi connectivity index (χ2n) is 6.00. The summed E-state index contributed by atoms with van der Waals surface area (Å²) in [5, 5.41) is 0.848. The zero-order valence-electron chi connectivity index (χ0n) is 11.5. The van der Waals surface area contributed by atoms with Gasteiger partial charge in [0.1, 0.15) is 0 Å². The fourth-order valence-electron chi connectivity index (χ4n) is 3.69. The quantitative estimate of drug-likeness (QED) is 0.717. The second kappa shape index (κ2) is 4.09. The van der Waals surface area contributed by atoms with Crippen molar-refractivity contribution >= 4 is 28.1 Å². The van der Waals surface area contributed by atoms with Gasteiger partial charge < -0.3 is 4.57 Å². The van der Waals surface area contributed by atoms with Crippen LogP contribution in [-0.2, 0) is 6.54 Å². The standard InChI is InChI=1S/C16H16ClFN2/c1-9-5-11-12-6-13(17)15(18)10-3-4-20(16(10)12)8-14(11)19(2)7-9/h3-6,9,14H,7-8H2,1-2H3/t9-,14+/m1/s1. The molecule has 2 aliphatic heterocycles. The minimum absolute atomic E-state index is 0.215. The Morgan fingerprint density at radius 1 is 1.35 bits per heavy atom. The van der Waals surface area contributed by atoms with Gasteiger partial charge in [-0.3, -0.25) is 4.90 Å². The van der Waals surface area contributed by atoms with Crippen LogP contribution in [0.15, 0.2) is 24.4 Å². The summed E-state index contributed by atoms with van der Waals surface area (Å²) >= 11 is 6.08. The van der Waals surface area contributed by atoms with E-state index in [1.807, 2.05) is 12.3 Å². The largest absolute Gasteiger partial charge is 0.345 e. The molecule has 0 radical (unpaired) electrons. The molecule has 0 fully saturated rings. The number of hydrogen-bond donors (Lipinski definition) is 0. The predicted octanol–water partition coefficient (Wildman–Crippen LogP) is 3.78. The Hall–Kier alpha value is -1.32. The molecule has 20 heavy (non-hydrogen) atoms. The summed E-state index contributed by atoms with van der Waals surface area (Å²) in [5.41, 5.74) is 3.37. The SMILES string of the molecule is C[C@@H]1C=C2c3cc(Cl)c(F)c4ccn(c34)C[C@@H]2N(C)C1. The normalized spacial score (nSPS) is 25.7. The zero-order valence-corrected chi connectivity index (χ0v) is 12.3. The highest BCUT2D eigenvalue weighted by molar-refractivity contribution is 6.32. The summed E-state index contributed by atoms with van der Waals surface area (Å²) in [6.45, 7) is 4.16. The number of halogens is 2. The van der Waals surface area contributed by atoms with Crippen molar-refractivity contribution in [1.29, 1.82) is 0 Å². The van der Waals surface area contributed by atoms with Crippen LogP contribution in [0.3, 0.4) is 0 Å². The average molecular weight is 291 g/mol. The Bertz CT molecular complexity index is 747. The maximum atomic E-state index is 14.2. The van der Waals surface area contributed by atoms with E-state index in [-0.39, 0.29) is 10.8 Å². The van der Waals surface area contributed by atoms with Crippen molar-refractivity contribution in [2.24, 2.45) is 5.92 Å². The van der Waals surface area contributed by atoms with Crippen LogP contribution >= 0.6 is 11.6 Å². The highest BCUT2D eigenvalue weighted by atomic mass is 35.5. The molecular formula is C16H16ClFN2. The van der Waals surface area contributed by atoms with Gasteiger partial charge in [-0.2, -0.15) is 0 Å². The van der Waals surface area contributed by atoms with Crippen LogP contribution in [0.4, 0.5) is 4.39 Å². The number of hydrogen-bond acceptors (Lipinski definition) is 1. The molecule has 0 bridgehead atoms. The highest BCUT2D eigenvalue weighted by Gasteiger charge is 2.33. The van der Waals surface area contributed by atoms with Crippen LogP contribution in [0.5, 0.6) is 0 Å². The highest BCUT2D eigenvalue weighted by Crippen LogP contribution is 2.41. The molecule has 0 unspecified atom stereocenters. The van der Waals surface area contributed by atoms with Crippen molar-refractivity contribution in [3.05, 3.63) is 40.8 Å². The number of benzene rings is 1. The van der Waals surface area contributed by atoms with E-state index in [2.05, 4.69) is 29.5 Å². The smallest absolute Gasteiger partial charge is 0.151 e. The van der Waals surface area contributed by atoms with Crippen LogP contribution in [-0.4, -0.2) is 29.1 Å². The third-order valence-corrected chi connectivity index (χ3v) is 4.82. The summed E-state index contributed by atoms with van der Waals surface area (Å²) in [6.07, 6.45) is 4.29. The van der Waals surface area contributed by atoms with Crippen molar-refractivity contribution in [2.45, 2.75) is 19.5 Å². The van der Waals surface area contributed by atoms with Gasteiger partial charge in [-0.05, 0) is 30.7 Å². The minimum atomic E-state index is -0.305. The lowest BCUT2D eigenvalue weighted by molar-refractivity contribution is 0.234. The van der Waals surface area contributed by atoms with Gasteiger partial charge in [0.05, 0.1) is 16.6 Å². The van der Waals surface area contributed by atoms with Crippen molar-refractivity contribution in [2.75, 3.05) is 13.6 Å². The number of rotatable bonds is 0. The maximum Gasteiger partial charge on any atom is 0.151 e. The number of nitrogens with zero attached hydrogens (tertiary/aromatic N) is 2. The van der Waals surface area contributed by atoms with Gasteiger partial charge in [0.25, 0.3) is 0 Å². The molecule has 4 heteroatoms. The molecule has 2 nitrogen and oxygen atoms in total. The topological polar surface area (TPSA) is 8.17 Å². The lowest BCUT2D eigenvalue weighted by Gasteiger charge is -2.39. The van der Waals surface area contributed by atoms with E-state index in [1.165, 1.54) is 5.57 Å². The first kappa shape index (κ1) is 12.4. The summed E-state index contributed by atoms with van der Waals surface area (Å²) < 4.78 is 16.3. The lowest BCUT2D eigenvalue weighted by atomic mass is 9.86. The molecule has 0 amide bonds. The van der Waals surface area contributed by atoms with Gasteiger partial charge in [0.2, 0.25) is 0 Å². The van der Waals surface area contributed by atoms with E-state index in [1.54, 1.807) is 6.07 Å². The first-order valence-electron chi connectivity index (χ1n) is 6.95. The van der Waals surface area contributed by atoms with Crippen LogP contribution in [0.25, 0.3) is 16.5 Å². The third-order valence-electron chi connectivity index (χ3n) is 4.55. The van der Waals surface area contributed by atoms with Gasteiger partial charge in [0, 0.05) is 30.2 Å². The summed E-state index contributed by atoms with van der Waals surface area (Å²) in [5.74, 6) is 0.201. The first-order chi connectivity index (χ1) is 9.56. The van der Waals surface area contributed by atoms with E-state index in [4.69, 9.17) is 11.6 Å². The molecule has 2 atom stereocenters. The molecular weight excluding hydrogens is 275 g/mol. The summed E-state index contributed by atoms with van der Waals surface area (Å²) in [6, 6.07) is 3.98. The monoisotopic (exact) mass is 290 g/mol. The lowest BCUT2D eigenvalue weighted by Crippen LogP contribution is -2.43. The van der Waals surface area contributed by atoms with Gasteiger partial charge >= 0.3 is 0 Å². The maximum absolute atomic E-state index is 14.2. The van der Waals surface area contributed by atoms with Gasteiger partial charge in [-0.25, -0.2) is 4.39 Å². The average Bonchev–Trinajstić information content (AvgIpc) is 2.81. The van der Waals surface area contributed by atoms with E-state index >= 15 is 0 Å². The fourth-order valence-corrected chi connectivity index (χ4v) is 3.90. The van der Waals surface area contributed by atoms with Crippen molar-refractivity contribution in [1.82, 2.24) is 9.47 Å². The van der Waals surface area contributed by atoms with E-state index < -0.39 is 0 Å². The van der Waals surface area contributed by atoms with Crippen LogP contribution in [0.2, 0.25) is 5.02 Å². The van der Waals surface area contributed by atoms with Gasteiger partial charge in [0.15, 0.2) is 5.82 Å². The Labute approximate surface area is 122 Å². The predicted molar refractivity (Wildman–Crippen MR) is 80.5 cm³/mol. The van der Waals surface area contributed by atoms with E-state index in [9.17, 15) is 4.39 Å². The Morgan fingerprint density at radius 2 is 2.15 bits per heavy atom. The molecule has 1 aromatic heterocycles. The molecule has 4 rings (SSSR count). The van der Waals surface area contributed by atoms with Crippen molar-refractivity contribution in [3.63, 3.8) is 0 Å². The molecule has 0 aliphatic carbocycles. The molecule has 0 spiro atoms. The Morgan fingerprint density at radius 3 is 2.95 bits per heavy atom. The molecule has 0 saturated heterocycles. The summed E-state index contributed by atoms with van der Waals surface area (Å²) in [4.78, 5) is 2.38. The minimum Gasteiger partial charge on any atom is -0.345 e. The molecule has 3 heterocycles. The van der Waals surface area contributed by atoms with Crippen molar-refractivity contribution in [3.8, 4) is 0 Å². The van der Waals surface area contributed by atoms with Crippen LogP contribution in [0, 0.1) is 11.7 Å². The molecule has 2 aliphatic rings. The third kappa shape index (κ3) is 1.54. The molecule has 0 N–H and O–H groups in total. The second-order valence-corrected chi connectivity index (χ2v) is 6.41. The van der Waals surface area contributed by atoms with Crippen LogP contribution in [0.1, 0.15) is 12.5 Å². The zero-order chi connectivity index (χ0) is 14.0. The molecule has 0 saturated carbocycles. The molecule has 104 valence electrons. The molecule has 1 aromatic carbocycles. The van der Waals surface area contributed by atoms with E-state index in [0.717, 1.165) is 24.2 Å². The Balaban J connectivity index is 2.06. The fraction of sp³-hybridized carbons (Fsp3) is 0.375. The first-order valence-corrected chi connectivity index (χ1v) is 7.33. The number of likely N-dealkylation sites (N-methyl/N-ethyl adjacent to an activating group) is 1. The van der Waals surface area contributed by atoms with Gasteiger partial charge in [-0.1, -0.05) is 24.6 Å². The number of aromatic nitrogens is 1. The van der Waals surface area contributed by atoms with Crippen molar-refractivity contribution < 1.29 is 4.39 Å². The number of fused-ring (bicyclic) bond motifs is 2. The summed E-state index contributed by atoms with van der Waals surface area (Å²) in [7, 11) is 2.16. The van der Waals surface area contributed by atoms with Gasteiger partial charge in [-0.15, -0.1) is 0 Å². The van der Waals surface area contributed by atoms with Crippen LogP contribution < -0.4 is 0 Å².